The number of morpholine rings is 2. The molecule has 0 aliphatic carbocycles. The van der Waals surface area contributed by atoms with Crippen LogP contribution >= 0.6 is 0 Å². The van der Waals surface area contributed by atoms with E-state index in [9.17, 15) is 4.79 Å². The Balaban J connectivity index is 1.67. The van der Waals surface area contributed by atoms with Gasteiger partial charge in [-0.25, -0.2) is 0 Å². The lowest BCUT2D eigenvalue weighted by Gasteiger charge is -2.35. The minimum Gasteiger partial charge on any atom is -0.378 e. The van der Waals surface area contributed by atoms with Gasteiger partial charge in [0.2, 0.25) is 0 Å². The summed E-state index contributed by atoms with van der Waals surface area (Å²) in [5.74, 6) is 0. The van der Waals surface area contributed by atoms with E-state index >= 15 is 0 Å². The third-order valence-electron chi connectivity index (χ3n) is 5.55. The standard InChI is InChI=1S/C21H29N3O3/c1-14-11-23(12-15(2)27-14)13-19-16(3)22-20-5-4-17(10-18(20)21(19)25)24-6-8-26-9-7-24/h4-5,10,14-15H,6-9,11-13H2,1-3H3,(H,22,25)/t14-,15-/m1/s1. The molecule has 27 heavy (non-hydrogen) atoms. The van der Waals surface area contributed by atoms with Gasteiger partial charge in [0, 0.05) is 60.6 Å². The Morgan fingerprint density at radius 3 is 2.56 bits per heavy atom. The first-order valence-electron chi connectivity index (χ1n) is 9.87. The topological polar surface area (TPSA) is 57.8 Å². The molecular weight excluding hydrogens is 342 g/mol. The summed E-state index contributed by atoms with van der Waals surface area (Å²) in [6.07, 6.45) is 0.392. The Morgan fingerprint density at radius 2 is 1.85 bits per heavy atom. The van der Waals surface area contributed by atoms with E-state index in [4.69, 9.17) is 9.47 Å². The molecule has 4 rings (SSSR count). The Bertz CT molecular complexity index is 863. The highest BCUT2D eigenvalue weighted by molar-refractivity contribution is 5.83. The summed E-state index contributed by atoms with van der Waals surface area (Å²) in [4.78, 5) is 21.4. The third kappa shape index (κ3) is 3.88. The van der Waals surface area contributed by atoms with Crippen LogP contribution in [0.25, 0.3) is 10.9 Å². The van der Waals surface area contributed by atoms with E-state index in [2.05, 4.69) is 34.7 Å². The second kappa shape index (κ2) is 7.62. The van der Waals surface area contributed by atoms with Crippen molar-refractivity contribution >= 4 is 16.6 Å². The van der Waals surface area contributed by atoms with Crippen LogP contribution < -0.4 is 10.3 Å². The number of nitrogens with one attached hydrogen (secondary N) is 1. The van der Waals surface area contributed by atoms with Crippen molar-refractivity contribution in [3.05, 3.63) is 39.7 Å². The molecule has 0 saturated carbocycles. The highest BCUT2D eigenvalue weighted by atomic mass is 16.5. The Morgan fingerprint density at radius 1 is 1.15 bits per heavy atom. The molecule has 146 valence electrons. The van der Waals surface area contributed by atoms with E-state index in [0.29, 0.717) is 6.54 Å². The zero-order valence-corrected chi connectivity index (χ0v) is 16.5. The Hall–Kier alpha value is -1.89. The van der Waals surface area contributed by atoms with Gasteiger partial charge in [-0.15, -0.1) is 0 Å². The smallest absolute Gasteiger partial charge is 0.194 e. The molecule has 2 atom stereocenters. The number of hydrogen-bond acceptors (Lipinski definition) is 5. The SMILES string of the molecule is Cc1[nH]c2ccc(N3CCOCC3)cc2c(=O)c1CN1C[C@@H](C)O[C@H](C)C1. The van der Waals surface area contributed by atoms with Crippen molar-refractivity contribution in [3.8, 4) is 0 Å². The lowest BCUT2D eigenvalue weighted by Crippen LogP contribution is -2.45. The molecular formula is C21H29N3O3. The third-order valence-corrected chi connectivity index (χ3v) is 5.55. The molecule has 0 amide bonds. The van der Waals surface area contributed by atoms with Gasteiger partial charge >= 0.3 is 0 Å². The van der Waals surface area contributed by atoms with Crippen LogP contribution in [-0.2, 0) is 16.0 Å². The van der Waals surface area contributed by atoms with Crippen molar-refractivity contribution in [1.29, 1.82) is 0 Å². The number of aromatic nitrogens is 1. The highest BCUT2D eigenvalue weighted by Gasteiger charge is 2.24. The molecule has 1 N–H and O–H groups in total. The van der Waals surface area contributed by atoms with Crippen LogP contribution in [0.2, 0.25) is 0 Å². The van der Waals surface area contributed by atoms with Crippen LogP contribution in [0.15, 0.2) is 23.0 Å². The molecule has 0 spiro atoms. The van der Waals surface area contributed by atoms with E-state index in [1.165, 1.54) is 0 Å². The summed E-state index contributed by atoms with van der Waals surface area (Å²) in [5, 5.41) is 0.772. The minimum absolute atomic E-state index is 0.142. The summed E-state index contributed by atoms with van der Waals surface area (Å²) >= 11 is 0. The maximum absolute atomic E-state index is 13.3. The molecule has 2 saturated heterocycles. The van der Waals surface area contributed by atoms with Gasteiger partial charge in [-0.3, -0.25) is 9.69 Å². The minimum atomic E-state index is 0.142. The van der Waals surface area contributed by atoms with Crippen molar-refractivity contribution in [3.63, 3.8) is 0 Å². The van der Waals surface area contributed by atoms with E-state index in [1.807, 2.05) is 19.1 Å². The average Bonchev–Trinajstić information content (AvgIpc) is 2.65. The first-order valence-corrected chi connectivity index (χ1v) is 9.87. The van der Waals surface area contributed by atoms with Gasteiger partial charge in [0.15, 0.2) is 5.43 Å². The summed E-state index contributed by atoms with van der Waals surface area (Å²) in [5.41, 5.74) is 3.96. The molecule has 6 heteroatoms. The number of H-pyrrole nitrogens is 1. The maximum Gasteiger partial charge on any atom is 0.194 e. The molecule has 2 aliphatic rings. The maximum atomic E-state index is 13.3. The number of pyridine rings is 1. The number of aromatic amines is 1. The fourth-order valence-electron chi connectivity index (χ4n) is 4.29. The largest absolute Gasteiger partial charge is 0.378 e. The van der Waals surface area contributed by atoms with E-state index < -0.39 is 0 Å². The van der Waals surface area contributed by atoms with Crippen molar-refractivity contribution in [2.75, 3.05) is 44.3 Å². The first-order chi connectivity index (χ1) is 13.0. The van der Waals surface area contributed by atoms with Gasteiger partial charge in [0.1, 0.15) is 0 Å². The first kappa shape index (κ1) is 18.5. The zero-order valence-electron chi connectivity index (χ0n) is 16.5. The van der Waals surface area contributed by atoms with Crippen molar-refractivity contribution in [2.45, 2.75) is 39.5 Å². The number of fused-ring (bicyclic) bond motifs is 1. The van der Waals surface area contributed by atoms with Gasteiger partial charge in [0.25, 0.3) is 0 Å². The van der Waals surface area contributed by atoms with Gasteiger partial charge in [-0.2, -0.15) is 0 Å². The van der Waals surface area contributed by atoms with Crippen LogP contribution in [0.4, 0.5) is 5.69 Å². The van der Waals surface area contributed by atoms with Crippen molar-refractivity contribution in [2.24, 2.45) is 0 Å². The predicted octanol–water partition coefficient (Wildman–Crippen LogP) is 2.28. The average molecular weight is 371 g/mol. The van der Waals surface area contributed by atoms with Crippen LogP contribution in [0.3, 0.4) is 0 Å². The van der Waals surface area contributed by atoms with Crippen LogP contribution in [0.1, 0.15) is 25.1 Å². The molecule has 2 aliphatic heterocycles. The van der Waals surface area contributed by atoms with Gasteiger partial charge in [-0.05, 0) is 39.0 Å². The summed E-state index contributed by atoms with van der Waals surface area (Å²) in [6.45, 7) is 11.8. The highest BCUT2D eigenvalue weighted by Crippen LogP contribution is 2.22. The second-order valence-corrected chi connectivity index (χ2v) is 7.84. The predicted molar refractivity (Wildman–Crippen MR) is 108 cm³/mol. The van der Waals surface area contributed by atoms with E-state index in [1.54, 1.807) is 0 Å². The van der Waals surface area contributed by atoms with Gasteiger partial charge < -0.3 is 19.4 Å². The molecule has 2 fully saturated rings. The van der Waals surface area contributed by atoms with Gasteiger partial charge in [-0.1, -0.05) is 0 Å². The summed E-state index contributed by atoms with van der Waals surface area (Å²) in [7, 11) is 0. The Labute approximate surface area is 160 Å². The number of ether oxygens (including phenoxy) is 2. The van der Waals surface area contributed by atoms with Crippen LogP contribution in [0, 0.1) is 6.92 Å². The number of hydrogen-bond donors (Lipinski definition) is 1. The van der Waals surface area contributed by atoms with Crippen molar-refractivity contribution < 1.29 is 9.47 Å². The monoisotopic (exact) mass is 371 g/mol. The van der Waals surface area contributed by atoms with E-state index in [-0.39, 0.29) is 17.6 Å². The molecule has 0 radical (unpaired) electrons. The molecule has 2 aromatic rings. The van der Waals surface area contributed by atoms with E-state index in [0.717, 1.165) is 67.2 Å². The molecule has 0 unspecified atom stereocenters. The Kier molecular flexibility index (Phi) is 5.21. The van der Waals surface area contributed by atoms with Gasteiger partial charge in [0.05, 0.1) is 25.4 Å². The van der Waals surface area contributed by atoms with Crippen LogP contribution in [0.5, 0.6) is 0 Å². The number of aryl methyl sites for hydroxylation is 1. The normalized spacial score (nSPS) is 24.5. The zero-order chi connectivity index (χ0) is 19.0. The molecule has 1 aromatic heterocycles. The molecule has 3 heterocycles. The number of anilines is 1. The molecule has 1 aromatic carbocycles. The summed E-state index contributed by atoms with van der Waals surface area (Å²) in [6, 6.07) is 6.15. The molecule has 6 nitrogen and oxygen atoms in total. The fraction of sp³-hybridized carbons (Fsp3) is 0.571. The quantitative estimate of drug-likeness (QED) is 0.897. The molecule has 0 bridgehead atoms. The lowest BCUT2D eigenvalue weighted by molar-refractivity contribution is -0.0706. The number of benzene rings is 1. The number of rotatable bonds is 3. The lowest BCUT2D eigenvalue weighted by atomic mass is 10.1. The number of nitrogens with zero attached hydrogens (tertiary/aromatic N) is 2. The van der Waals surface area contributed by atoms with Crippen molar-refractivity contribution in [1.82, 2.24) is 9.88 Å². The second-order valence-electron chi connectivity index (χ2n) is 7.84. The van der Waals surface area contributed by atoms with Crippen LogP contribution in [-0.4, -0.2) is 61.5 Å². The summed E-state index contributed by atoms with van der Waals surface area (Å²) < 4.78 is 11.3. The fourth-order valence-corrected chi connectivity index (χ4v) is 4.29.